The van der Waals surface area contributed by atoms with Gasteiger partial charge in [0.2, 0.25) is 5.78 Å². The molecule has 0 saturated carbocycles. The topological polar surface area (TPSA) is 115 Å². The fourth-order valence-corrected chi connectivity index (χ4v) is 4.46. The molecule has 3 rings (SSSR count). The van der Waals surface area contributed by atoms with Gasteiger partial charge in [0.1, 0.15) is 5.56 Å². The van der Waals surface area contributed by atoms with E-state index in [-0.39, 0.29) is 28.0 Å². The average Bonchev–Trinajstić information content (AvgIpc) is 3.08. The number of aromatic amines is 2. The van der Waals surface area contributed by atoms with Crippen molar-refractivity contribution < 1.29 is 18.3 Å². The van der Waals surface area contributed by atoms with Crippen molar-refractivity contribution >= 4 is 34.2 Å². The van der Waals surface area contributed by atoms with Crippen molar-refractivity contribution in [2.45, 2.75) is 38.5 Å². The van der Waals surface area contributed by atoms with E-state index in [4.69, 9.17) is 16.3 Å². The monoisotopic (exact) mass is 441 g/mol. The lowest BCUT2D eigenvalue weighted by atomic mass is 9.99. The number of benzene rings is 1. The molecule has 1 aliphatic heterocycles. The van der Waals surface area contributed by atoms with Crippen LogP contribution in [0.3, 0.4) is 0 Å². The number of aryl methyl sites for hydroxylation is 1. The molecule has 1 aromatic heterocycles. The molecule has 0 spiro atoms. The van der Waals surface area contributed by atoms with Crippen LogP contribution in [0, 0.1) is 0 Å². The standard InChI is InChI=1S/C19H24ClN3O5S/c1-3-12-9-23(7-8-28-12)17-11(10-29(26)27)5-6-13(16(17)20)18(24)15-14(4-2)21-22-19(15)25/h5-6,12H,3-4,7-10H2,1-2H3,(H,26,27)(H2,21,22,25). The van der Waals surface area contributed by atoms with Gasteiger partial charge in [-0.1, -0.05) is 31.5 Å². The Hall–Kier alpha value is -1.94. The van der Waals surface area contributed by atoms with Crippen LogP contribution < -0.4 is 10.5 Å². The minimum absolute atomic E-state index is 0.00543. The lowest BCUT2D eigenvalue weighted by Gasteiger charge is -2.36. The average molecular weight is 442 g/mol. The second-order valence-electron chi connectivity index (χ2n) is 6.86. The Morgan fingerprint density at radius 2 is 2.14 bits per heavy atom. The van der Waals surface area contributed by atoms with Crippen molar-refractivity contribution in [1.82, 2.24) is 10.2 Å². The molecule has 2 unspecified atom stereocenters. The summed E-state index contributed by atoms with van der Waals surface area (Å²) < 4.78 is 26.6. The lowest BCUT2D eigenvalue weighted by molar-refractivity contribution is 0.0384. The van der Waals surface area contributed by atoms with Crippen LogP contribution in [0.4, 0.5) is 5.69 Å². The van der Waals surface area contributed by atoms with E-state index in [0.29, 0.717) is 43.1 Å². The summed E-state index contributed by atoms with van der Waals surface area (Å²) in [6, 6.07) is 3.14. The zero-order chi connectivity index (χ0) is 21.1. The number of H-pyrrole nitrogens is 2. The maximum atomic E-state index is 13.1. The third-order valence-electron chi connectivity index (χ3n) is 5.07. The predicted molar refractivity (Wildman–Crippen MR) is 112 cm³/mol. The molecule has 1 aromatic carbocycles. The third-order valence-corrected chi connectivity index (χ3v) is 6.01. The highest BCUT2D eigenvalue weighted by Gasteiger charge is 2.28. The van der Waals surface area contributed by atoms with Crippen LogP contribution in [0.1, 0.15) is 47.4 Å². The molecular formula is C19H24ClN3O5S. The normalized spacial score (nSPS) is 18.1. The van der Waals surface area contributed by atoms with Gasteiger partial charge in [-0.15, -0.1) is 0 Å². The number of nitrogens with one attached hydrogen (secondary N) is 2. The number of anilines is 1. The highest BCUT2D eigenvalue weighted by atomic mass is 35.5. The van der Waals surface area contributed by atoms with Crippen molar-refractivity contribution in [2.75, 3.05) is 24.6 Å². The van der Waals surface area contributed by atoms with Crippen LogP contribution in [-0.4, -0.2) is 50.5 Å². The van der Waals surface area contributed by atoms with E-state index in [2.05, 4.69) is 10.2 Å². The SMILES string of the molecule is CCc1[nH][nH]c(=O)c1C(=O)c1ccc(CS(=O)O)c(N2CCOC(CC)C2)c1Cl. The lowest BCUT2D eigenvalue weighted by Crippen LogP contribution is -2.43. The van der Waals surface area contributed by atoms with Crippen LogP contribution >= 0.6 is 11.6 Å². The number of morpholine rings is 1. The Balaban J connectivity index is 2.10. The van der Waals surface area contributed by atoms with E-state index in [1.165, 1.54) is 6.07 Å². The molecule has 158 valence electrons. The smallest absolute Gasteiger partial charge is 0.275 e. The summed E-state index contributed by atoms with van der Waals surface area (Å²) in [7, 11) is 0. The first kappa shape index (κ1) is 21.8. The number of rotatable bonds is 7. The quantitative estimate of drug-likeness (QED) is 0.449. The zero-order valence-electron chi connectivity index (χ0n) is 16.3. The first-order valence-electron chi connectivity index (χ1n) is 9.46. The van der Waals surface area contributed by atoms with E-state index < -0.39 is 22.4 Å². The fourth-order valence-electron chi connectivity index (χ4n) is 3.57. The zero-order valence-corrected chi connectivity index (χ0v) is 17.9. The minimum atomic E-state index is -2.07. The molecule has 1 saturated heterocycles. The fraction of sp³-hybridized carbons (Fsp3) is 0.474. The van der Waals surface area contributed by atoms with Gasteiger partial charge in [-0.25, -0.2) is 4.21 Å². The molecule has 10 heteroatoms. The molecule has 2 aromatic rings. The van der Waals surface area contributed by atoms with E-state index in [0.717, 1.165) is 6.42 Å². The number of hydrogen-bond acceptors (Lipinski definition) is 5. The minimum Gasteiger partial charge on any atom is -0.375 e. The molecule has 2 atom stereocenters. The number of nitrogens with zero attached hydrogens (tertiary/aromatic N) is 1. The van der Waals surface area contributed by atoms with Crippen molar-refractivity contribution in [1.29, 1.82) is 0 Å². The highest BCUT2D eigenvalue weighted by Crippen LogP contribution is 2.36. The van der Waals surface area contributed by atoms with Crippen LogP contribution in [-0.2, 0) is 28.0 Å². The van der Waals surface area contributed by atoms with Crippen LogP contribution in [0.15, 0.2) is 16.9 Å². The van der Waals surface area contributed by atoms with Gasteiger partial charge in [0.05, 0.1) is 29.2 Å². The summed E-state index contributed by atoms with van der Waals surface area (Å²) >= 11 is 4.61. The molecule has 2 heterocycles. The van der Waals surface area contributed by atoms with E-state index in [1.54, 1.807) is 6.07 Å². The van der Waals surface area contributed by atoms with E-state index in [9.17, 15) is 18.4 Å². The Morgan fingerprint density at radius 3 is 2.79 bits per heavy atom. The molecule has 0 aliphatic carbocycles. The second-order valence-corrected chi connectivity index (χ2v) is 8.17. The molecule has 29 heavy (non-hydrogen) atoms. The van der Waals surface area contributed by atoms with Crippen LogP contribution in [0.25, 0.3) is 0 Å². The summed E-state index contributed by atoms with van der Waals surface area (Å²) in [5, 5.41) is 5.34. The number of hydrogen-bond donors (Lipinski definition) is 3. The van der Waals surface area contributed by atoms with Crippen LogP contribution in [0.5, 0.6) is 0 Å². The van der Waals surface area contributed by atoms with Gasteiger partial charge in [0, 0.05) is 24.3 Å². The summed E-state index contributed by atoms with van der Waals surface area (Å²) in [6.07, 6.45) is 1.30. The number of ether oxygens (including phenoxy) is 1. The first-order chi connectivity index (χ1) is 13.9. The molecule has 1 fully saturated rings. The molecule has 8 nitrogen and oxygen atoms in total. The summed E-state index contributed by atoms with van der Waals surface area (Å²) in [5.41, 5.74) is 1.35. The number of halogens is 1. The maximum absolute atomic E-state index is 13.1. The van der Waals surface area contributed by atoms with Crippen LogP contribution in [0.2, 0.25) is 5.02 Å². The largest absolute Gasteiger partial charge is 0.375 e. The highest BCUT2D eigenvalue weighted by molar-refractivity contribution is 7.78. The predicted octanol–water partition coefficient (Wildman–Crippen LogP) is 2.49. The van der Waals surface area contributed by atoms with Gasteiger partial charge < -0.3 is 19.3 Å². The third kappa shape index (κ3) is 4.48. The Bertz CT molecular complexity index is 987. The van der Waals surface area contributed by atoms with Crippen molar-refractivity contribution in [3.05, 3.63) is 49.9 Å². The van der Waals surface area contributed by atoms with Gasteiger partial charge >= 0.3 is 0 Å². The summed E-state index contributed by atoms with van der Waals surface area (Å²) in [5.74, 6) is -0.588. The molecule has 0 amide bonds. The van der Waals surface area contributed by atoms with Gasteiger partial charge in [0.15, 0.2) is 11.1 Å². The second kappa shape index (κ2) is 9.25. The number of carbonyl (C=O) groups excluding carboxylic acids is 1. The Labute approximate surface area is 175 Å². The number of carbonyl (C=O) groups is 1. The van der Waals surface area contributed by atoms with E-state index in [1.807, 2.05) is 18.7 Å². The Kier molecular flexibility index (Phi) is 6.94. The van der Waals surface area contributed by atoms with Crippen molar-refractivity contribution in [3.63, 3.8) is 0 Å². The molecule has 3 N–H and O–H groups in total. The van der Waals surface area contributed by atoms with E-state index >= 15 is 0 Å². The van der Waals surface area contributed by atoms with Gasteiger partial charge in [0.25, 0.3) is 5.56 Å². The summed E-state index contributed by atoms with van der Waals surface area (Å²) in [6.45, 7) is 5.45. The van der Waals surface area contributed by atoms with Crippen molar-refractivity contribution in [2.24, 2.45) is 0 Å². The number of ketones is 1. The van der Waals surface area contributed by atoms with Gasteiger partial charge in [-0.3, -0.25) is 14.7 Å². The molecular weight excluding hydrogens is 418 g/mol. The molecule has 1 aliphatic rings. The first-order valence-corrected chi connectivity index (χ1v) is 11.1. The van der Waals surface area contributed by atoms with Crippen molar-refractivity contribution in [3.8, 4) is 0 Å². The summed E-state index contributed by atoms with van der Waals surface area (Å²) in [4.78, 5) is 27.3. The van der Waals surface area contributed by atoms with Gasteiger partial charge in [-0.2, -0.15) is 0 Å². The number of aromatic nitrogens is 2. The molecule has 0 radical (unpaired) electrons. The molecule has 0 bridgehead atoms. The maximum Gasteiger partial charge on any atom is 0.275 e. The Morgan fingerprint density at radius 1 is 1.38 bits per heavy atom. The van der Waals surface area contributed by atoms with Gasteiger partial charge in [-0.05, 0) is 24.5 Å².